The summed E-state index contributed by atoms with van der Waals surface area (Å²) in [6.07, 6.45) is 0.810. The molecule has 1 aromatic carbocycles. The molecule has 120 valence electrons. The lowest BCUT2D eigenvalue weighted by molar-refractivity contribution is 0.172. The molecule has 0 spiro atoms. The Morgan fingerprint density at radius 3 is 2.52 bits per heavy atom. The molecule has 0 amide bonds. The van der Waals surface area contributed by atoms with E-state index in [-0.39, 0.29) is 36.6 Å². The second-order valence-electron chi connectivity index (χ2n) is 5.17. The van der Waals surface area contributed by atoms with Gasteiger partial charge in [-0.1, -0.05) is 11.6 Å². The molecule has 21 heavy (non-hydrogen) atoms. The van der Waals surface area contributed by atoms with Crippen molar-refractivity contribution in [3.8, 4) is 5.75 Å². The van der Waals surface area contributed by atoms with E-state index in [4.69, 9.17) is 0 Å². The first-order chi connectivity index (χ1) is 9.08. The normalized spacial score (nSPS) is 16.5. The van der Waals surface area contributed by atoms with Crippen molar-refractivity contribution in [2.75, 3.05) is 26.2 Å². The number of nitrogens with zero attached hydrogens (tertiary/aromatic N) is 1. The molecule has 2 N–H and O–H groups in total. The number of phenolic OH excluding ortho intramolecular Hbond substituents is 1. The zero-order chi connectivity index (χ0) is 13.8. The topological polar surface area (TPSA) is 35.5 Å². The molecule has 6 heteroatoms. The highest BCUT2D eigenvalue weighted by molar-refractivity contribution is 5.85. The van der Waals surface area contributed by atoms with Crippen molar-refractivity contribution in [2.45, 2.75) is 19.4 Å². The van der Waals surface area contributed by atoms with Crippen LogP contribution in [-0.4, -0.2) is 36.2 Å². The molecule has 1 fully saturated rings. The molecule has 1 aromatic rings. The lowest BCUT2D eigenvalue weighted by atomic mass is 9.97. The van der Waals surface area contributed by atoms with E-state index in [0.29, 0.717) is 0 Å². The zero-order valence-electron chi connectivity index (χ0n) is 12.1. The van der Waals surface area contributed by atoms with Crippen LogP contribution in [0.1, 0.15) is 24.9 Å². The monoisotopic (exact) mass is 336 g/mol. The Kier molecular flexibility index (Phi) is 8.90. The summed E-state index contributed by atoms with van der Waals surface area (Å²) in [5.74, 6) is -0.850. The predicted molar refractivity (Wildman–Crippen MR) is 89.2 cm³/mol. The molecule has 3 nitrogen and oxygen atoms in total. The number of halogens is 3. The average molecular weight is 337 g/mol. The zero-order valence-corrected chi connectivity index (χ0v) is 13.8. The third kappa shape index (κ3) is 5.47. The van der Waals surface area contributed by atoms with E-state index >= 15 is 0 Å². The number of phenols is 1. The summed E-state index contributed by atoms with van der Waals surface area (Å²) in [6, 6.07) is 4.80. The molecule has 1 saturated heterocycles. The maximum Gasteiger partial charge on any atom is 0.165 e. The molecule has 0 aromatic heterocycles. The van der Waals surface area contributed by atoms with Gasteiger partial charge in [0, 0.05) is 32.2 Å². The Morgan fingerprint density at radius 1 is 1.38 bits per heavy atom. The van der Waals surface area contributed by atoms with Crippen molar-refractivity contribution in [3.63, 3.8) is 0 Å². The number of hydrogen-bond acceptors (Lipinski definition) is 3. The highest BCUT2D eigenvalue weighted by Gasteiger charge is 2.22. The molecule has 0 bridgehead atoms. The second-order valence-corrected chi connectivity index (χ2v) is 5.17. The highest BCUT2D eigenvalue weighted by atomic mass is 35.5. The number of nitrogens with one attached hydrogen (secondary N) is 1. The summed E-state index contributed by atoms with van der Waals surface area (Å²) < 4.78 is 13.5. The number of piperazine rings is 1. The van der Waals surface area contributed by atoms with Gasteiger partial charge in [-0.05, 0) is 31.0 Å². The Hall–Kier alpha value is -0.810. The van der Waals surface area contributed by atoms with Gasteiger partial charge >= 0.3 is 0 Å². The van der Waals surface area contributed by atoms with Crippen LogP contribution in [0.4, 0.5) is 4.39 Å². The van der Waals surface area contributed by atoms with E-state index in [1.54, 1.807) is 6.07 Å². The summed E-state index contributed by atoms with van der Waals surface area (Å²) in [5.41, 5.74) is 1.98. The van der Waals surface area contributed by atoms with Crippen LogP contribution in [0.3, 0.4) is 0 Å². The standard InChI is InChI=1S/C15H21FN2O.2ClH/c1-11(2)9-14(18-7-5-17-6-8-18)12-3-4-15(19)13(16)10-12;;/h3-4,10,14,17,19H,1,5-9H2,2H3;2*1H/t14-;;/m0../s1. The van der Waals surface area contributed by atoms with E-state index in [2.05, 4.69) is 16.8 Å². The van der Waals surface area contributed by atoms with Crippen molar-refractivity contribution >= 4 is 24.8 Å². The molecular weight excluding hydrogens is 314 g/mol. The molecule has 1 atom stereocenters. The first kappa shape index (κ1) is 20.2. The maximum atomic E-state index is 13.5. The molecule has 1 aliphatic rings. The van der Waals surface area contributed by atoms with Crippen molar-refractivity contribution in [1.29, 1.82) is 0 Å². The van der Waals surface area contributed by atoms with E-state index < -0.39 is 5.82 Å². The van der Waals surface area contributed by atoms with E-state index in [1.165, 1.54) is 12.1 Å². The van der Waals surface area contributed by atoms with Crippen LogP contribution in [-0.2, 0) is 0 Å². The van der Waals surface area contributed by atoms with Crippen LogP contribution in [0.25, 0.3) is 0 Å². The quantitative estimate of drug-likeness (QED) is 0.828. The second kappa shape index (κ2) is 9.26. The number of aromatic hydroxyl groups is 1. The van der Waals surface area contributed by atoms with E-state index in [0.717, 1.165) is 43.7 Å². The fraction of sp³-hybridized carbons (Fsp3) is 0.467. The minimum absolute atomic E-state index is 0. The molecule has 0 radical (unpaired) electrons. The Balaban J connectivity index is 0.00000200. The average Bonchev–Trinajstić information content (AvgIpc) is 2.40. The van der Waals surface area contributed by atoms with Crippen molar-refractivity contribution in [2.24, 2.45) is 0 Å². The number of hydrogen-bond donors (Lipinski definition) is 2. The van der Waals surface area contributed by atoms with Crippen molar-refractivity contribution < 1.29 is 9.50 Å². The summed E-state index contributed by atoms with van der Waals surface area (Å²) in [5, 5.41) is 12.6. The lowest BCUT2D eigenvalue weighted by Gasteiger charge is -2.35. The summed E-state index contributed by atoms with van der Waals surface area (Å²) >= 11 is 0. The van der Waals surface area contributed by atoms with Crippen molar-refractivity contribution in [1.82, 2.24) is 10.2 Å². The maximum absolute atomic E-state index is 13.5. The predicted octanol–water partition coefficient (Wildman–Crippen LogP) is 3.29. The van der Waals surface area contributed by atoms with Gasteiger partial charge in [0.2, 0.25) is 0 Å². The minimum Gasteiger partial charge on any atom is -0.505 e. The molecule has 0 aliphatic carbocycles. The Labute approximate surface area is 138 Å². The molecule has 0 unspecified atom stereocenters. The van der Waals surface area contributed by atoms with Crippen LogP contribution < -0.4 is 5.32 Å². The highest BCUT2D eigenvalue weighted by Crippen LogP contribution is 2.30. The minimum atomic E-state index is -0.556. The van der Waals surface area contributed by atoms with Crippen LogP contribution in [0.2, 0.25) is 0 Å². The first-order valence-corrected chi connectivity index (χ1v) is 6.65. The number of rotatable bonds is 4. The molecule has 1 heterocycles. The van der Waals surface area contributed by atoms with Crippen LogP contribution >= 0.6 is 24.8 Å². The molecular formula is C15H23Cl2FN2O. The largest absolute Gasteiger partial charge is 0.505 e. The smallest absolute Gasteiger partial charge is 0.165 e. The first-order valence-electron chi connectivity index (χ1n) is 6.65. The van der Waals surface area contributed by atoms with Crippen molar-refractivity contribution in [3.05, 3.63) is 41.7 Å². The fourth-order valence-electron chi connectivity index (χ4n) is 2.51. The number of benzene rings is 1. The fourth-order valence-corrected chi connectivity index (χ4v) is 2.51. The summed E-state index contributed by atoms with van der Waals surface area (Å²) in [7, 11) is 0. The molecule has 2 rings (SSSR count). The van der Waals surface area contributed by atoms with Gasteiger partial charge in [-0.15, -0.1) is 31.4 Å². The SMILES string of the molecule is C=C(C)C[C@@H](c1ccc(O)c(F)c1)N1CCNCC1.Cl.Cl. The van der Waals surface area contributed by atoms with Gasteiger partial charge in [0.05, 0.1) is 0 Å². The molecule has 0 saturated carbocycles. The van der Waals surface area contributed by atoms with Gasteiger partial charge in [-0.25, -0.2) is 4.39 Å². The Morgan fingerprint density at radius 2 is 2.00 bits per heavy atom. The third-order valence-electron chi connectivity index (χ3n) is 3.49. The van der Waals surface area contributed by atoms with Gasteiger partial charge in [0.1, 0.15) is 0 Å². The Bertz CT molecular complexity index is 465. The lowest BCUT2D eigenvalue weighted by Crippen LogP contribution is -2.45. The third-order valence-corrected chi connectivity index (χ3v) is 3.49. The van der Waals surface area contributed by atoms with E-state index in [1.807, 2.05) is 6.92 Å². The molecule has 1 aliphatic heterocycles. The van der Waals surface area contributed by atoms with E-state index in [9.17, 15) is 9.50 Å². The van der Waals surface area contributed by atoms with Crippen LogP contribution in [0, 0.1) is 5.82 Å². The van der Waals surface area contributed by atoms with Crippen LogP contribution in [0.15, 0.2) is 30.4 Å². The van der Waals surface area contributed by atoms with Gasteiger partial charge in [-0.3, -0.25) is 4.90 Å². The van der Waals surface area contributed by atoms with Gasteiger partial charge in [-0.2, -0.15) is 0 Å². The van der Waals surface area contributed by atoms with Gasteiger partial charge < -0.3 is 10.4 Å². The summed E-state index contributed by atoms with van der Waals surface area (Å²) in [6.45, 7) is 9.75. The van der Waals surface area contributed by atoms with Gasteiger partial charge in [0.25, 0.3) is 0 Å². The van der Waals surface area contributed by atoms with Gasteiger partial charge in [0.15, 0.2) is 11.6 Å². The van der Waals surface area contributed by atoms with Crippen LogP contribution in [0.5, 0.6) is 5.75 Å². The summed E-state index contributed by atoms with van der Waals surface area (Å²) in [4.78, 5) is 2.34.